The number of esters is 3. The minimum atomic E-state index is -1.22. The van der Waals surface area contributed by atoms with Crippen molar-refractivity contribution in [1.82, 2.24) is 0 Å². The summed E-state index contributed by atoms with van der Waals surface area (Å²) in [5.74, 6) is -1.23. The third kappa shape index (κ3) is 7.41. The Bertz CT molecular complexity index is 1210. The predicted octanol–water partition coefficient (Wildman–Crippen LogP) is 3.51. The first-order valence-corrected chi connectivity index (χ1v) is 12.1. The van der Waals surface area contributed by atoms with Crippen LogP contribution in [0.15, 0.2) is 47.5 Å². The van der Waals surface area contributed by atoms with Gasteiger partial charge in [-0.15, -0.1) is 0 Å². The topological polar surface area (TPSA) is 127 Å². The first-order chi connectivity index (χ1) is 18.1. The maximum Gasteiger partial charge on any atom is 0.303 e. The van der Waals surface area contributed by atoms with Crippen LogP contribution in [0.1, 0.15) is 43.6 Å². The van der Waals surface area contributed by atoms with Crippen LogP contribution in [0.5, 0.6) is 5.75 Å². The fourth-order valence-corrected chi connectivity index (χ4v) is 4.45. The van der Waals surface area contributed by atoms with Crippen molar-refractivity contribution in [3.05, 3.63) is 64.2 Å². The Labute approximate surface area is 224 Å². The predicted molar refractivity (Wildman–Crippen MR) is 135 cm³/mol. The second-order valence-corrected chi connectivity index (χ2v) is 9.04. The van der Waals surface area contributed by atoms with Crippen molar-refractivity contribution in [1.29, 1.82) is 0 Å². The summed E-state index contributed by atoms with van der Waals surface area (Å²) in [6.45, 7) is 3.29. The molecule has 1 aliphatic rings. The third-order valence-corrected chi connectivity index (χ3v) is 6.24. The van der Waals surface area contributed by atoms with E-state index in [0.29, 0.717) is 17.0 Å². The quantitative estimate of drug-likeness (QED) is 0.201. The van der Waals surface area contributed by atoms with Gasteiger partial charge in [-0.1, -0.05) is 35.9 Å². The summed E-state index contributed by atoms with van der Waals surface area (Å²) in [4.78, 5) is 50.6. The summed E-state index contributed by atoms with van der Waals surface area (Å²) in [7, 11) is 1.59. The molecule has 11 heteroatoms. The van der Waals surface area contributed by atoms with Crippen LogP contribution in [-0.2, 0) is 44.5 Å². The molecule has 0 spiro atoms. The van der Waals surface area contributed by atoms with E-state index in [4.69, 9.17) is 35.3 Å². The lowest BCUT2D eigenvalue weighted by molar-refractivity contribution is -0.220. The highest BCUT2D eigenvalue weighted by Gasteiger charge is 2.51. The molecule has 1 heterocycles. The largest absolute Gasteiger partial charge is 0.497 e. The number of carbonyl (C=O) groups is 3. The number of ether oxygens (including phenoxy) is 5. The summed E-state index contributed by atoms with van der Waals surface area (Å²) in [5, 5.41) is 0.501. The van der Waals surface area contributed by atoms with Crippen LogP contribution in [0.2, 0.25) is 5.02 Å². The van der Waals surface area contributed by atoms with Gasteiger partial charge in [-0.3, -0.25) is 14.4 Å². The van der Waals surface area contributed by atoms with Crippen LogP contribution >= 0.6 is 11.6 Å². The molecule has 0 saturated carbocycles. The average molecular weight is 546 g/mol. The number of hydrogen-bond acceptors (Lipinski definition) is 10. The molecule has 202 valence electrons. The molecule has 3 rings (SSSR count). The Kier molecular flexibility index (Phi) is 10.0. The molecule has 1 aliphatic heterocycles. The summed E-state index contributed by atoms with van der Waals surface area (Å²) in [6, 6.07) is 11.5. The van der Waals surface area contributed by atoms with E-state index in [9.17, 15) is 19.2 Å². The second-order valence-electron chi connectivity index (χ2n) is 8.63. The molecule has 1 saturated heterocycles. The fourth-order valence-electron chi connectivity index (χ4n) is 4.27. The molecule has 0 N–H and O–H groups in total. The first-order valence-electron chi connectivity index (χ1n) is 11.7. The van der Waals surface area contributed by atoms with E-state index in [1.54, 1.807) is 25.3 Å². The van der Waals surface area contributed by atoms with Gasteiger partial charge < -0.3 is 23.7 Å². The Balaban J connectivity index is 2.05. The van der Waals surface area contributed by atoms with E-state index in [1.807, 2.05) is 24.3 Å². The number of methoxy groups -OCH3 is 1. The van der Waals surface area contributed by atoms with Gasteiger partial charge in [0.25, 0.3) is 0 Å². The highest BCUT2D eigenvalue weighted by molar-refractivity contribution is 6.31. The lowest BCUT2D eigenvalue weighted by Crippen LogP contribution is -2.57. The molecule has 0 radical (unpaired) electrons. The van der Waals surface area contributed by atoms with Crippen molar-refractivity contribution in [3.63, 3.8) is 0 Å². The minimum Gasteiger partial charge on any atom is -0.497 e. The van der Waals surface area contributed by atoms with Crippen LogP contribution in [0.3, 0.4) is 0 Å². The molecule has 2 aromatic rings. The molecule has 0 bridgehead atoms. The van der Waals surface area contributed by atoms with Crippen LogP contribution in [0.4, 0.5) is 0 Å². The highest BCUT2D eigenvalue weighted by Crippen LogP contribution is 2.38. The Morgan fingerprint density at radius 1 is 0.974 bits per heavy atom. The van der Waals surface area contributed by atoms with Gasteiger partial charge in [-0.05, 0) is 41.3 Å². The summed E-state index contributed by atoms with van der Waals surface area (Å²) in [6.07, 6.45) is -2.48. The Morgan fingerprint density at radius 3 is 2.21 bits per heavy atom. The molecule has 0 unspecified atom stereocenters. The zero-order chi connectivity index (χ0) is 27.8. The Hall–Kier alpha value is -3.72. The van der Waals surface area contributed by atoms with Gasteiger partial charge in [-0.2, -0.15) is 4.99 Å². The summed E-state index contributed by atoms with van der Waals surface area (Å²) < 4.78 is 27.6. The number of nitrogens with zero attached hydrogens (tertiary/aromatic N) is 1. The lowest BCUT2D eigenvalue weighted by Gasteiger charge is -2.43. The lowest BCUT2D eigenvalue weighted by atomic mass is 9.88. The van der Waals surface area contributed by atoms with Crippen LogP contribution in [-0.4, -0.2) is 62.1 Å². The molecule has 10 nitrogen and oxygen atoms in total. The zero-order valence-corrected chi connectivity index (χ0v) is 22.1. The number of halogens is 1. The molecular weight excluding hydrogens is 518 g/mol. The number of rotatable bonds is 9. The maximum absolute atomic E-state index is 12.1. The third-order valence-electron chi connectivity index (χ3n) is 5.87. The molecule has 0 aliphatic carbocycles. The molecule has 1 fully saturated rings. The van der Waals surface area contributed by atoms with Crippen LogP contribution in [0.25, 0.3) is 0 Å². The van der Waals surface area contributed by atoms with E-state index in [2.05, 4.69) is 4.99 Å². The molecule has 5 atom stereocenters. The van der Waals surface area contributed by atoms with Gasteiger partial charge in [-0.25, -0.2) is 4.79 Å². The van der Waals surface area contributed by atoms with Crippen LogP contribution in [0, 0.1) is 0 Å². The van der Waals surface area contributed by atoms with Gasteiger partial charge in [0.15, 0.2) is 12.2 Å². The molecule has 0 aromatic heterocycles. The Morgan fingerprint density at radius 2 is 1.63 bits per heavy atom. The number of aliphatic imine (C=N–C) groups is 1. The molecule has 0 amide bonds. The van der Waals surface area contributed by atoms with Crippen molar-refractivity contribution >= 4 is 35.6 Å². The molecule has 2 aromatic carbocycles. The average Bonchev–Trinajstić information content (AvgIpc) is 2.86. The van der Waals surface area contributed by atoms with Gasteiger partial charge in [0.05, 0.1) is 7.11 Å². The van der Waals surface area contributed by atoms with E-state index in [0.717, 1.165) is 16.9 Å². The normalized spacial score (nSPS) is 22.5. The summed E-state index contributed by atoms with van der Waals surface area (Å²) in [5.41, 5.74) is 2.28. The number of hydrogen-bond donors (Lipinski definition) is 0. The van der Waals surface area contributed by atoms with Crippen molar-refractivity contribution in [2.75, 3.05) is 13.7 Å². The molecule has 38 heavy (non-hydrogen) atoms. The number of carbonyl (C=O) groups excluding carboxylic acids is 4. The summed E-state index contributed by atoms with van der Waals surface area (Å²) >= 11 is 6.50. The fraction of sp³-hybridized carbons (Fsp3) is 0.407. The van der Waals surface area contributed by atoms with Crippen molar-refractivity contribution in [2.45, 2.75) is 57.6 Å². The van der Waals surface area contributed by atoms with Crippen molar-refractivity contribution < 1.29 is 42.9 Å². The van der Waals surface area contributed by atoms with E-state index >= 15 is 0 Å². The van der Waals surface area contributed by atoms with Crippen LogP contribution < -0.4 is 4.74 Å². The first kappa shape index (κ1) is 28.8. The van der Waals surface area contributed by atoms with Gasteiger partial charge in [0, 0.05) is 25.8 Å². The SMILES string of the molecule is COc1ccc(Cc2cc([C@@H]3O[C@H](COC(C)=O)[C@@H](N=C=O)[C@H](OC(C)=O)[C@H]3OC(C)=O)ccc2Cl)cc1. The van der Waals surface area contributed by atoms with Gasteiger partial charge >= 0.3 is 17.9 Å². The second kappa shape index (κ2) is 13.2. The minimum absolute atomic E-state index is 0.293. The highest BCUT2D eigenvalue weighted by atomic mass is 35.5. The van der Waals surface area contributed by atoms with Crippen molar-refractivity contribution in [3.8, 4) is 5.75 Å². The van der Waals surface area contributed by atoms with E-state index < -0.39 is 48.4 Å². The number of isocyanates is 1. The standard InChI is InChI=1S/C27H28ClNO9/c1-15(31)35-13-23-24(29-14-30)26(36-16(2)32)27(37-17(3)33)25(38-23)19-7-10-22(28)20(12-19)11-18-5-8-21(34-4)9-6-18/h5-10,12,23-27H,11,13H2,1-4H3/t23-,24-,25+,26+,27+/m1/s1. The zero-order valence-electron chi connectivity index (χ0n) is 21.3. The molecular formula is C27H28ClNO9. The van der Waals surface area contributed by atoms with Gasteiger partial charge in [0.2, 0.25) is 6.08 Å². The smallest absolute Gasteiger partial charge is 0.303 e. The monoisotopic (exact) mass is 545 g/mol. The maximum atomic E-state index is 12.1. The van der Waals surface area contributed by atoms with Crippen molar-refractivity contribution in [2.24, 2.45) is 4.99 Å². The van der Waals surface area contributed by atoms with E-state index in [-0.39, 0.29) is 6.61 Å². The van der Waals surface area contributed by atoms with Gasteiger partial charge in [0.1, 0.15) is 30.6 Å². The number of benzene rings is 2. The van der Waals surface area contributed by atoms with E-state index in [1.165, 1.54) is 26.9 Å².